The summed E-state index contributed by atoms with van der Waals surface area (Å²) in [5.74, 6) is -0.795. The maximum atomic E-state index is 13.4. The maximum Gasteiger partial charge on any atom is 0.320 e. The van der Waals surface area contributed by atoms with Gasteiger partial charge in [0.15, 0.2) is 11.5 Å². The molecular weight excluding hydrogens is 767 g/mol. The van der Waals surface area contributed by atoms with Gasteiger partial charge in [-0.2, -0.15) is 0 Å². The van der Waals surface area contributed by atoms with Crippen LogP contribution in [0.15, 0.2) is 48.7 Å². The number of likely N-dealkylation sites (tertiary alicyclic amines) is 1. The third kappa shape index (κ3) is 7.61. The fourth-order valence-electron chi connectivity index (χ4n) is 9.89. The molecule has 4 N–H and O–H groups in total. The normalized spacial score (nSPS) is 24.1. The number of imide groups is 2. The van der Waals surface area contributed by atoms with Crippen molar-refractivity contribution in [2.45, 2.75) is 62.9 Å². The standard InChI is InChI=1S/C43H51N11O6.H2/c1-49-19-20-53(43(49)60)31-3-2-15-52(25-31)35-22-45-37(38(44)56)39(47-35)46-29-6-4-27(5-7-29)28-13-16-50(17-14-28)23-26-12-18-51(24-26)30-8-9-32-33(21-30)42(59)54(41(32)58)34-10-11-36(55)48-40(34)57;/h4-9,21-22,26,28,31,34H,2-3,10-20,23-25H2,1H3,(H2,44,56)(H,46,47)(H,48,55,57);1H/t26-,31+,34?;/m0./s1. The van der Waals surface area contributed by atoms with Crippen molar-refractivity contribution in [1.82, 2.24) is 34.9 Å². The Bertz CT molecular complexity index is 2230. The molecule has 3 aromatic rings. The Hall–Kier alpha value is -6.10. The monoisotopic (exact) mass is 819 g/mol. The Labute approximate surface area is 349 Å². The summed E-state index contributed by atoms with van der Waals surface area (Å²) in [5, 5.41) is 5.54. The number of carbonyl (C=O) groups is 6. The van der Waals surface area contributed by atoms with Gasteiger partial charge in [0.25, 0.3) is 17.7 Å². The number of urea groups is 1. The molecule has 0 radical (unpaired) electrons. The number of primary amides is 1. The molecule has 17 heteroatoms. The Morgan fingerprint density at radius 1 is 0.867 bits per heavy atom. The number of amides is 7. The number of benzene rings is 2. The molecule has 17 nitrogen and oxygen atoms in total. The summed E-state index contributed by atoms with van der Waals surface area (Å²) < 4.78 is 0. The van der Waals surface area contributed by atoms with Crippen molar-refractivity contribution in [1.29, 1.82) is 0 Å². The Kier molecular flexibility index (Phi) is 10.6. The SMILES string of the molecule is CN1CCN([C@@H]2CCCN(c3cnc(C(N)=O)c(Nc4ccc(C5CCN(C[C@@H]6CCN(c7ccc8c(c7)C(=O)N(C7CCC(=O)NC7=O)C8=O)C6)CC5)cc4)n3)C2)C1=O.[HH]. The Morgan fingerprint density at radius 2 is 1.65 bits per heavy atom. The number of rotatable bonds is 10. The number of hydrogen-bond donors (Lipinski definition) is 3. The number of anilines is 4. The van der Waals surface area contributed by atoms with Crippen LogP contribution in [0.5, 0.6) is 0 Å². The van der Waals surface area contributed by atoms with Crippen LogP contribution in [0, 0.1) is 5.92 Å². The van der Waals surface area contributed by atoms with E-state index in [2.05, 4.69) is 42.5 Å². The third-order valence-corrected chi connectivity index (χ3v) is 13.2. The maximum absolute atomic E-state index is 13.4. The molecule has 3 atom stereocenters. The Morgan fingerprint density at radius 3 is 2.38 bits per heavy atom. The first-order valence-electron chi connectivity index (χ1n) is 21.1. The summed E-state index contributed by atoms with van der Waals surface area (Å²) in [6, 6.07) is 12.8. The van der Waals surface area contributed by atoms with Gasteiger partial charge in [-0.15, -0.1) is 0 Å². The van der Waals surface area contributed by atoms with Gasteiger partial charge in [-0.05, 0) is 99.3 Å². The van der Waals surface area contributed by atoms with E-state index in [4.69, 9.17) is 10.7 Å². The van der Waals surface area contributed by atoms with Gasteiger partial charge in [0.1, 0.15) is 11.9 Å². The lowest BCUT2D eigenvalue weighted by Gasteiger charge is -2.37. The van der Waals surface area contributed by atoms with Crippen molar-refractivity contribution in [3.8, 4) is 0 Å². The average molecular weight is 820 g/mol. The number of aromatic nitrogens is 2. The van der Waals surface area contributed by atoms with Crippen LogP contribution in [0.25, 0.3) is 0 Å². The quantitative estimate of drug-likeness (QED) is 0.253. The topological polar surface area (TPSA) is 198 Å². The van der Waals surface area contributed by atoms with Crippen LogP contribution < -0.4 is 26.2 Å². The lowest BCUT2D eigenvalue weighted by molar-refractivity contribution is -0.136. The highest BCUT2D eigenvalue weighted by Gasteiger charge is 2.45. The molecule has 60 heavy (non-hydrogen) atoms. The lowest BCUT2D eigenvalue weighted by atomic mass is 9.89. The van der Waals surface area contributed by atoms with E-state index in [0.717, 1.165) is 101 Å². The van der Waals surface area contributed by atoms with E-state index >= 15 is 0 Å². The largest absolute Gasteiger partial charge is 0.371 e. The van der Waals surface area contributed by atoms with Gasteiger partial charge in [0, 0.05) is 72.1 Å². The van der Waals surface area contributed by atoms with Crippen LogP contribution >= 0.6 is 0 Å². The van der Waals surface area contributed by atoms with Crippen LogP contribution in [-0.4, -0.2) is 143 Å². The molecule has 6 aliphatic rings. The van der Waals surface area contributed by atoms with Crippen molar-refractivity contribution in [3.63, 3.8) is 0 Å². The molecule has 0 bridgehead atoms. The lowest BCUT2D eigenvalue weighted by Crippen LogP contribution is -2.54. The molecule has 1 aromatic heterocycles. The van der Waals surface area contributed by atoms with Gasteiger partial charge in [0.2, 0.25) is 11.8 Å². The summed E-state index contributed by atoms with van der Waals surface area (Å²) in [4.78, 5) is 96.6. The minimum absolute atomic E-state index is 0. The number of piperidine rings is 3. The van der Waals surface area contributed by atoms with Crippen LogP contribution in [-0.2, 0) is 9.59 Å². The number of carbonyl (C=O) groups excluding carboxylic acids is 6. The van der Waals surface area contributed by atoms with Gasteiger partial charge in [-0.3, -0.25) is 34.2 Å². The third-order valence-electron chi connectivity index (χ3n) is 13.2. The first kappa shape index (κ1) is 39.4. The first-order chi connectivity index (χ1) is 29.0. The highest BCUT2D eigenvalue weighted by Crippen LogP contribution is 2.35. The molecule has 2 aromatic carbocycles. The van der Waals surface area contributed by atoms with E-state index in [9.17, 15) is 28.8 Å². The zero-order chi connectivity index (χ0) is 41.7. The number of likely N-dealkylation sites (N-methyl/N-ethyl adjacent to an activating group) is 1. The molecule has 5 fully saturated rings. The number of nitrogens with two attached hydrogens (primary N) is 1. The van der Waals surface area contributed by atoms with Gasteiger partial charge >= 0.3 is 6.03 Å². The first-order valence-corrected chi connectivity index (χ1v) is 21.1. The number of hydrogen-bond acceptors (Lipinski definition) is 12. The predicted octanol–water partition coefficient (Wildman–Crippen LogP) is 3.01. The van der Waals surface area contributed by atoms with Gasteiger partial charge in [0.05, 0.1) is 23.4 Å². The molecular formula is C43H53N11O6. The Balaban J connectivity index is 0.00000514. The highest BCUT2D eigenvalue weighted by atomic mass is 16.2. The fraction of sp³-hybridized carbons (Fsp3) is 0.488. The van der Waals surface area contributed by atoms with E-state index in [0.29, 0.717) is 41.1 Å². The summed E-state index contributed by atoms with van der Waals surface area (Å²) in [5.41, 5.74) is 9.33. The molecule has 6 aliphatic heterocycles. The number of fused-ring (bicyclic) bond motifs is 1. The summed E-state index contributed by atoms with van der Waals surface area (Å²) in [6.45, 7) is 7.57. The zero-order valence-electron chi connectivity index (χ0n) is 33.8. The fourth-order valence-corrected chi connectivity index (χ4v) is 9.89. The van der Waals surface area contributed by atoms with Gasteiger partial charge in [-0.25, -0.2) is 14.8 Å². The summed E-state index contributed by atoms with van der Waals surface area (Å²) >= 11 is 0. The molecule has 9 rings (SSSR count). The van der Waals surface area contributed by atoms with Crippen molar-refractivity contribution in [3.05, 3.63) is 71.0 Å². The summed E-state index contributed by atoms with van der Waals surface area (Å²) in [7, 11) is 1.83. The predicted molar refractivity (Wildman–Crippen MR) is 224 cm³/mol. The van der Waals surface area contributed by atoms with Crippen molar-refractivity contribution < 1.29 is 30.2 Å². The smallest absolute Gasteiger partial charge is 0.320 e. The van der Waals surface area contributed by atoms with Crippen LogP contribution in [0.3, 0.4) is 0 Å². The molecule has 316 valence electrons. The second-order valence-corrected chi connectivity index (χ2v) is 17.0. The molecule has 0 spiro atoms. The van der Waals surface area contributed by atoms with E-state index in [-0.39, 0.29) is 32.0 Å². The van der Waals surface area contributed by atoms with Crippen molar-refractivity contribution in [2.24, 2.45) is 11.7 Å². The molecule has 0 saturated carbocycles. The van der Waals surface area contributed by atoms with Crippen molar-refractivity contribution in [2.75, 3.05) is 81.1 Å². The van der Waals surface area contributed by atoms with Gasteiger partial charge in [-0.1, -0.05) is 12.1 Å². The van der Waals surface area contributed by atoms with E-state index in [1.165, 1.54) is 5.56 Å². The molecule has 0 aliphatic carbocycles. The minimum Gasteiger partial charge on any atom is -0.371 e. The minimum atomic E-state index is -0.977. The highest BCUT2D eigenvalue weighted by molar-refractivity contribution is 6.23. The number of nitrogens with one attached hydrogen (secondary N) is 2. The molecule has 1 unspecified atom stereocenters. The molecule has 7 heterocycles. The molecule has 5 saturated heterocycles. The van der Waals surface area contributed by atoms with Crippen molar-refractivity contribution >= 4 is 58.6 Å². The zero-order valence-corrected chi connectivity index (χ0v) is 33.8. The number of nitrogens with zero attached hydrogens (tertiary/aromatic N) is 8. The molecule has 7 amide bonds. The average Bonchev–Trinajstić information content (AvgIpc) is 3.93. The second kappa shape index (κ2) is 16.2. The van der Waals surface area contributed by atoms with Gasteiger partial charge < -0.3 is 35.6 Å². The van der Waals surface area contributed by atoms with Crippen LogP contribution in [0.1, 0.15) is 89.1 Å². The van der Waals surface area contributed by atoms with Crippen LogP contribution in [0.2, 0.25) is 0 Å². The van der Waals surface area contributed by atoms with E-state index in [1.807, 2.05) is 30.1 Å². The van der Waals surface area contributed by atoms with E-state index in [1.54, 1.807) is 23.2 Å². The van der Waals surface area contributed by atoms with E-state index < -0.39 is 35.6 Å². The van der Waals surface area contributed by atoms with Crippen LogP contribution in [0.4, 0.5) is 27.8 Å². The second-order valence-electron chi connectivity index (χ2n) is 17.0. The summed E-state index contributed by atoms with van der Waals surface area (Å²) in [6.07, 6.45) is 6.78.